The van der Waals surface area contributed by atoms with Gasteiger partial charge in [-0.05, 0) is 32.1 Å². The summed E-state index contributed by atoms with van der Waals surface area (Å²) < 4.78 is 5.39. The van der Waals surface area contributed by atoms with Crippen molar-refractivity contribution in [3.63, 3.8) is 0 Å². The number of carbonyl (C=O) groups is 1. The van der Waals surface area contributed by atoms with Gasteiger partial charge >= 0.3 is 0 Å². The van der Waals surface area contributed by atoms with Crippen LogP contribution in [0.25, 0.3) is 0 Å². The third-order valence-corrected chi connectivity index (χ3v) is 2.57. The number of nitrogens with two attached hydrogens (primary N) is 2. The van der Waals surface area contributed by atoms with Crippen LogP contribution in [0.3, 0.4) is 0 Å². The maximum atomic E-state index is 12.2. The van der Waals surface area contributed by atoms with Crippen molar-refractivity contribution in [2.45, 2.75) is 20.0 Å². The third-order valence-electron chi connectivity index (χ3n) is 2.26. The normalized spacial score (nSPS) is 11.6. The van der Waals surface area contributed by atoms with Crippen molar-refractivity contribution in [2.24, 2.45) is 11.5 Å². The van der Waals surface area contributed by atoms with Crippen molar-refractivity contribution in [1.29, 1.82) is 0 Å². The molecule has 104 valence electrons. The number of hydrogen-bond donors (Lipinski definition) is 3. The summed E-state index contributed by atoms with van der Waals surface area (Å²) in [6.45, 7) is 3.98. The van der Waals surface area contributed by atoms with Crippen LogP contribution >= 0.6 is 11.6 Å². The van der Waals surface area contributed by atoms with Crippen LogP contribution in [-0.4, -0.2) is 18.7 Å². The van der Waals surface area contributed by atoms with Crippen LogP contribution in [0.5, 0.6) is 5.75 Å². The van der Waals surface area contributed by atoms with Gasteiger partial charge in [0, 0.05) is 5.70 Å². The molecule has 0 bridgehead atoms. The number of halogens is 1. The minimum absolute atomic E-state index is 0.296. The zero-order valence-corrected chi connectivity index (χ0v) is 11.7. The second-order valence-corrected chi connectivity index (χ2v) is 4.33. The minimum Gasteiger partial charge on any atom is -0.493 e. The zero-order valence-electron chi connectivity index (χ0n) is 10.9. The Morgan fingerprint density at radius 2 is 2.21 bits per heavy atom. The van der Waals surface area contributed by atoms with Crippen molar-refractivity contribution in [3.8, 4) is 5.75 Å². The molecule has 5 nitrogen and oxygen atoms in total. The van der Waals surface area contributed by atoms with Crippen LogP contribution in [-0.2, 0) is 0 Å². The van der Waals surface area contributed by atoms with Crippen LogP contribution < -0.4 is 21.5 Å². The van der Waals surface area contributed by atoms with Gasteiger partial charge in [0.05, 0.1) is 17.8 Å². The number of carbonyl (C=O) groups excluding carboxylic acids is 1. The lowest BCUT2D eigenvalue weighted by Crippen LogP contribution is -2.31. The zero-order chi connectivity index (χ0) is 14.4. The first kappa shape index (κ1) is 15.5. The Bertz CT molecular complexity index is 487. The quantitative estimate of drug-likeness (QED) is 0.716. The van der Waals surface area contributed by atoms with E-state index in [9.17, 15) is 4.79 Å². The Hall–Kier alpha value is -1.56. The summed E-state index contributed by atoms with van der Waals surface area (Å²) in [5.74, 6) is 0.0841. The van der Waals surface area contributed by atoms with E-state index in [1.165, 1.54) is 6.08 Å². The number of ether oxygens (including phenoxy) is 1. The molecular formula is C13H18ClN3O2. The third kappa shape index (κ3) is 4.55. The van der Waals surface area contributed by atoms with Gasteiger partial charge in [-0.1, -0.05) is 17.7 Å². The highest BCUT2D eigenvalue weighted by Crippen LogP contribution is 2.26. The van der Waals surface area contributed by atoms with Crippen LogP contribution in [0.15, 0.2) is 30.0 Å². The Balaban J connectivity index is 2.99. The van der Waals surface area contributed by atoms with Crippen LogP contribution in [0, 0.1) is 0 Å². The summed E-state index contributed by atoms with van der Waals surface area (Å²) in [6, 6.07) is 5.05. The van der Waals surface area contributed by atoms with E-state index in [-0.39, 0.29) is 5.91 Å². The van der Waals surface area contributed by atoms with Gasteiger partial charge in [-0.3, -0.25) is 4.79 Å². The van der Waals surface area contributed by atoms with E-state index < -0.39 is 6.17 Å². The predicted octanol–water partition coefficient (Wildman–Crippen LogP) is 1.62. The topological polar surface area (TPSA) is 90.4 Å². The summed E-state index contributed by atoms with van der Waals surface area (Å²) in [7, 11) is 0. The molecule has 0 heterocycles. The molecule has 0 radical (unpaired) electrons. The van der Waals surface area contributed by atoms with Crippen LogP contribution in [0.4, 0.5) is 0 Å². The molecule has 0 aromatic heterocycles. The maximum absolute atomic E-state index is 12.2. The molecule has 6 heteroatoms. The maximum Gasteiger partial charge on any atom is 0.260 e. The highest BCUT2D eigenvalue weighted by molar-refractivity contribution is 6.34. The fourth-order valence-electron chi connectivity index (χ4n) is 1.57. The molecule has 1 amide bonds. The first-order valence-corrected chi connectivity index (χ1v) is 6.25. The predicted molar refractivity (Wildman–Crippen MR) is 76.0 cm³/mol. The van der Waals surface area contributed by atoms with Gasteiger partial charge in [0.2, 0.25) is 0 Å². The molecule has 0 atom stereocenters. The Kier molecular flexibility index (Phi) is 5.82. The number of allylic oxidation sites excluding steroid dienone is 1. The molecule has 0 aliphatic carbocycles. The summed E-state index contributed by atoms with van der Waals surface area (Å²) in [6.07, 6.45) is 0.910. The van der Waals surface area contributed by atoms with Gasteiger partial charge in [-0.2, -0.15) is 0 Å². The summed E-state index contributed by atoms with van der Waals surface area (Å²) in [4.78, 5) is 12.2. The van der Waals surface area contributed by atoms with Gasteiger partial charge in [-0.25, -0.2) is 0 Å². The molecule has 1 rings (SSSR count). The van der Waals surface area contributed by atoms with Gasteiger partial charge in [-0.15, -0.1) is 0 Å². The fraction of sp³-hybridized carbons (Fsp3) is 0.308. The lowest BCUT2D eigenvalue weighted by Gasteiger charge is -2.12. The van der Waals surface area contributed by atoms with Crippen molar-refractivity contribution >= 4 is 17.5 Å². The first-order valence-electron chi connectivity index (χ1n) is 5.88. The molecule has 5 N–H and O–H groups in total. The monoisotopic (exact) mass is 283 g/mol. The minimum atomic E-state index is -0.627. The van der Waals surface area contributed by atoms with Crippen LogP contribution in [0.2, 0.25) is 5.02 Å². The highest BCUT2D eigenvalue weighted by Gasteiger charge is 2.16. The van der Waals surface area contributed by atoms with Crippen LogP contribution in [0.1, 0.15) is 24.2 Å². The van der Waals surface area contributed by atoms with E-state index in [1.807, 2.05) is 6.92 Å². The molecule has 0 unspecified atom stereocenters. The summed E-state index contributed by atoms with van der Waals surface area (Å²) in [5, 5.41) is 2.99. The van der Waals surface area contributed by atoms with E-state index in [4.69, 9.17) is 27.8 Å². The van der Waals surface area contributed by atoms with Crippen molar-refractivity contribution in [2.75, 3.05) is 6.61 Å². The molecule has 1 aromatic carbocycles. The largest absolute Gasteiger partial charge is 0.493 e. The van der Waals surface area contributed by atoms with Crippen molar-refractivity contribution < 1.29 is 9.53 Å². The first-order chi connectivity index (χ1) is 8.95. The molecule has 0 aliphatic rings. The van der Waals surface area contributed by atoms with E-state index >= 15 is 0 Å². The lowest BCUT2D eigenvalue weighted by molar-refractivity contribution is 0.0962. The van der Waals surface area contributed by atoms with Gasteiger partial charge < -0.3 is 21.5 Å². The Morgan fingerprint density at radius 1 is 1.53 bits per heavy atom. The number of amides is 1. The second kappa shape index (κ2) is 7.13. The second-order valence-electron chi connectivity index (χ2n) is 3.93. The average Bonchev–Trinajstić information content (AvgIpc) is 2.27. The van der Waals surface area contributed by atoms with E-state index in [0.29, 0.717) is 28.6 Å². The fourth-order valence-corrected chi connectivity index (χ4v) is 1.82. The van der Waals surface area contributed by atoms with Crippen molar-refractivity contribution in [1.82, 2.24) is 5.32 Å². The highest BCUT2D eigenvalue weighted by atomic mass is 35.5. The molecule has 1 aromatic rings. The lowest BCUT2D eigenvalue weighted by atomic mass is 10.2. The van der Waals surface area contributed by atoms with E-state index in [2.05, 4.69) is 5.32 Å². The molecule has 0 fully saturated rings. The van der Waals surface area contributed by atoms with E-state index in [0.717, 1.165) is 0 Å². The molecule has 0 aliphatic heterocycles. The van der Waals surface area contributed by atoms with E-state index in [1.54, 1.807) is 25.1 Å². The molecule has 0 saturated heterocycles. The molecule has 0 saturated carbocycles. The van der Waals surface area contributed by atoms with Gasteiger partial charge in [0.15, 0.2) is 0 Å². The molecule has 19 heavy (non-hydrogen) atoms. The number of benzene rings is 1. The number of nitrogens with one attached hydrogen (secondary N) is 1. The summed E-state index contributed by atoms with van der Waals surface area (Å²) in [5.41, 5.74) is 11.7. The van der Waals surface area contributed by atoms with Gasteiger partial charge in [0.1, 0.15) is 11.3 Å². The molecular weight excluding hydrogens is 266 g/mol. The van der Waals surface area contributed by atoms with Gasteiger partial charge in [0.25, 0.3) is 5.91 Å². The smallest absolute Gasteiger partial charge is 0.260 e. The summed E-state index contributed by atoms with van der Waals surface area (Å²) >= 11 is 6.04. The average molecular weight is 284 g/mol. The molecule has 0 spiro atoms. The Morgan fingerprint density at radius 3 is 2.79 bits per heavy atom. The number of rotatable bonds is 5. The standard InChI is InChI=1S/C13H18ClN3O2/c1-3-19-10-6-4-5-9(14)12(10)13(18)17-8(2)7-11(15)16/h4-7,11H,3,15-16H2,1-2H3,(H,17,18)/b8-7-. The van der Waals surface area contributed by atoms with Crippen molar-refractivity contribution in [3.05, 3.63) is 40.6 Å². The Labute approximate surface area is 117 Å². The number of hydrogen-bond acceptors (Lipinski definition) is 4. The SMILES string of the molecule is CCOc1cccc(Cl)c1C(=O)N/C(C)=C\C(N)N.